The van der Waals surface area contributed by atoms with Crippen LogP contribution in [0.5, 0.6) is 0 Å². The molecular formula is C11H16ClNS. The Kier molecular flexibility index (Phi) is 5.34. The predicted molar refractivity (Wildman–Crippen MR) is 65.1 cm³/mol. The summed E-state index contributed by atoms with van der Waals surface area (Å²) in [6, 6.07) is 4.08. The first-order valence-corrected chi connectivity index (χ1v) is 6.40. The predicted octanol–water partition coefficient (Wildman–Crippen LogP) is 3.64. The second-order valence-corrected chi connectivity index (χ2v) is 5.17. The Bertz CT molecular complexity index is 278. The zero-order valence-electron chi connectivity index (χ0n) is 8.66. The van der Waals surface area contributed by atoms with Crippen LogP contribution in [-0.2, 0) is 5.75 Å². The standard InChI is InChI=1S/C11H16ClNS/c1-9-4-3-7-13-11(9)8-14-10(2)5-6-12/h3-4,7,10H,5-6,8H2,1-2H3. The molecule has 0 aliphatic rings. The van der Waals surface area contributed by atoms with E-state index in [1.54, 1.807) is 0 Å². The molecule has 1 atom stereocenters. The van der Waals surface area contributed by atoms with Crippen molar-refractivity contribution in [3.05, 3.63) is 29.6 Å². The molecule has 0 aliphatic heterocycles. The first-order valence-electron chi connectivity index (χ1n) is 4.82. The lowest BCUT2D eigenvalue weighted by molar-refractivity contribution is 0.910. The number of alkyl halides is 1. The van der Waals surface area contributed by atoms with Crippen molar-refractivity contribution in [1.82, 2.24) is 4.98 Å². The highest BCUT2D eigenvalue weighted by Crippen LogP contribution is 2.20. The molecule has 14 heavy (non-hydrogen) atoms. The molecule has 1 nitrogen and oxygen atoms in total. The summed E-state index contributed by atoms with van der Waals surface area (Å²) in [5.74, 6) is 1.74. The molecule has 1 unspecified atom stereocenters. The molecule has 0 N–H and O–H groups in total. The molecule has 1 rings (SSSR count). The van der Waals surface area contributed by atoms with E-state index in [9.17, 15) is 0 Å². The van der Waals surface area contributed by atoms with Crippen LogP contribution in [0, 0.1) is 6.92 Å². The third kappa shape index (κ3) is 3.89. The molecule has 0 bridgehead atoms. The fourth-order valence-corrected chi connectivity index (χ4v) is 2.61. The third-order valence-electron chi connectivity index (χ3n) is 2.14. The number of rotatable bonds is 5. The molecular weight excluding hydrogens is 214 g/mol. The summed E-state index contributed by atoms with van der Waals surface area (Å²) >= 11 is 7.60. The summed E-state index contributed by atoms with van der Waals surface area (Å²) in [6.07, 6.45) is 2.92. The van der Waals surface area contributed by atoms with Crippen molar-refractivity contribution >= 4 is 23.4 Å². The Morgan fingerprint density at radius 3 is 3.00 bits per heavy atom. The van der Waals surface area contributed by atoms with Gasteiger partial charge in [-0.3, -0.25) is 4.98 Å². The van der Waals surface area contributed by atoms with Crippen molar-refractivity contribution in [1.29, 1.82) is 0 Å². The van der Waals surface area contributed by atoms with Crippen molar-refractivity contribution in [3.63, 3.8) is 0 Å². The van der Waals surface area contributed by atoms with E-state index in [-0.39, 0.29) is 0 Å². The summed E-state index contributed by atoms with van der Waals surface area (Å²) in [4.78, 5) is 4.36. The molecule has 0 amide bonds. The summed E-state index contributed by atoms with van der Waals surface area (Å²) in [5.41, 5.74) is 2.47. The molecule has 0 spiro atoms. The van der Waals surface area contributed by atoms with Crippen LogP contribution >= 0.6 is 23.4 Å². The second kappa shape index (κ2) is 6.31. The van der Waals surface area contributed by atoms with Crippen molar-refractivity contribution in [2.24, 2.45) is 0 Å². The second-order valence-electron chi connectivity index (χ2n) is 3.37. The Labute approximate surface area is 95.3 Å². The smallest absolute Gasteiger partial charge is 0.0531 e. The van der Waals surface area contributed by atoms with E-state index in [1.165, 1.54) is 11.3 Å². The highest BCUT2D eigenvalue weighted by atomic mass is 35.5. The topological polar surface area (TPSA) is 12.9 Å². The number of pyridine rings is 1. The number of nitrogens with zero attached hydrogens (tertiary/aromatic N) is 1. The van der Waals surface area contributed by atoms with Crippen LogP contribution in [0.15, 0.2) is 18.3 Å². The lowest BCUT2D eigenvalue weighted by atomic mass is 10.2. The van der Waals surface area contributed by atoms with Gasteiger partial charge in [-0.2, -0.15) is 11.8 Å². The van der Waals surface area contributed by atoms with Gasteiger partial charge in [0.2, 0.25) is 0 Å². The maximum Gasteiger partial charge on any atom is 0.0531 e. The van der Waals surface area contributed by atoms with Crippen LogP contribution in [0.4, 0.5) is 0 Å². The van der Waals surface area contributed by atoms with Crippen LogP contribution in [0.1, 0.15) is 24.6 Å². The van der Waals surface area contributed by atoms with Crippen molar-refractivity contribution in [2.45, 2.75) is 31.3 Å². The first-order chi connectivity index (χ1) is 6.74. The van der Waals surface area contributed by atoms with Crippen LogP contribution in [-0.4, -0.2) is 16.1 Å². The minimum atomic E-state index is 0.619. The monoisotopic (exact) mass is 229 g/mol. The van der Waals surface area contributed by atoms with E-state index in [2.05, 4.69) is 24.9 Å². The number of hydrogen-bond donors (Lipinski definition) is 0. The summed E-state index contributed by atoms with van der Waals surface area (Å²) < 4.78 is 0. The number of aromatic nitrogens is 1. The largest absolute Gasteiger partial charge is 0.260 e. The fraction of sp³-hybridized carbons (Fsp3) is 0.545. The highest BCUT2D eigenvalue weighted by Gasteiger charge is 2.04. The van der Waals surface area contributed by atoms with E-state index in [1.807, 2.05) is 24.0 Å². The van der Waals surface area contributed by atoms with E-state index in [0.29, 0.717) is 5.25 Å². The minimum absolute atomic E-state index is 0.619. The van der Waals surface area contributed by atoms with Crippen LogP contribution < -0.4 is 0 Å². The summed E-state index contributed by atoms with van der Waals surface area (Å²) in [5, 5.41) is 0.619. The van der Waals surface area contributed by atoms with E-state index in [0.717, 1.165) is 18.1 Å². The van der Waals surface area contributed by atoms with E-state index < -0.39 is 0 Å². The average molecular weight is 230 g/mol. The fourth-order valence-electron chi connectivity index (χ4n) is 1.13. The van der Waals surface area contributed by atoms with Gasteiger partial charge in [0.15, 0.2) is 0 Å². The van der Waals surface area contributed by atoms with Gasteiger partial charge in [0.1, 0.15) is 0 Å². The first kappa shape index (κ1) is 11.9. The van der Waals surface area contributed by atoms with Gasteiger partial charge in [-0.25, -0.2) is 0 Å². The summed E-state index contributed by atoms with van der Waals surface area (Å²) in [6.45, 7) is 4.32. The van der Waals surface area contributed by atoms with E-state index in [4.69, 9.17) is 11.6 Å². The van der Waals surface area contributed by atoms with Crippen LogP contribution in [0.2, 0.25) is 0 Å². The molecule has 78 valence electrons. The third-order valence-corrected chi connectivity index (χ3v) is 3.60. The maximum absolute atomic E-state index is 5.68. The van der Waals surface area contributed by atoms with Crippen molar-refractivity contribution < 1.29 is 0 Å². The number of aryl methyl sites for hydroxylation is 1. The van der Waals surface area contributed by atoms with E-state index >= 15 is 0 Å². The van der Waals surface area contributed by atoms with Gasteiger partial charge < -0.3 is 0 Å². The number of thioether (sulfide) groups is 1. The summed E-state index contributed by atoms with van der Waals surface area (Å²) in [7, 11) is 0. The van der Waals surface area contributed by atoms with Crippen LogP contribution in [0.3, 0.4) is 0 Å². The molecule has 0 radical (unpaired) electrons. The number of hydrogen-bond acceptors (Lipinski definition) is 2. The van der Waals surface area contributed by atoms with Crippen molar-refractivity contribution in [3.8, 4) is 0 Å². The highest BCUT2D eigenvalue weighted by molar-refractivity contribution is 7.99. The Morgan fingerprint density at radius 2 is 2.36 bits per heavy atom. The van der Waals surface area contributed by atoms with Gasteiger partial charge in [-0.15, -0.1) is 11.6 Å². The normalized spacial score (nSPS) is 12.8. The lowest BCUT2D eigenvalue weighted by Crippen LogP contribution is -1.99. The quantitative estimate of drug-likeness (QED) is 0.715. The molecule has 0 saturated carbocycles. The van der Waals surface area contributed by atoms with Gasteiger partial charge in [-0.05, 0) is 25.0 Å². The molecule has 0 saturated heterocycles. The SMILES string of the molecule is Cc1cccnc1CSC(C)CCCl. The van der Waals surface area contributed by atoms with Gasteiger partial charge in [-0.1, -0.05) is 13.0 Å². The molecule has 1 aromatic rings. The van der Waals surface area contributed by atoms with Crippen LogP contribution in [0.25, 0.3) is 0 Å². The zero-order chi connectivity index (χ0) is 10.4. The molecule has 0 aromatic carbocycles. The molecule has 0 aliphatic carbocycles. The van der Waals surface area contributed by atoms with Gasteiger partial charge in [0.25, 0.3) is 0 Å². The molecule has 3 heteroatoms. The molecule has 0 fully saturated rings. The van der Waals surface area contributed by atoms with Crippen molar-refractivity contribution in [2.75, 3.05) is 5.88 Å². The minimum Gasteiger partial charge on any atom is -0.260 e. The Morgan fingerprint density at radius 1 is 1.57 bits per heavy atom. The number of halogens is 1. The Hall–Kier alpha value is -0.210. The molecule has 1 heterocycles. The zero-order valence-corrected chi connectivity index (χ0v) is 10.2. The Balaban J connectivity index is 2.41. The van der Waals surface area contributed by atoms with Gasteiger partial charge >= 0.3 is 0 Å². The van der Waals surface area contributed by atoms with Gasteiger partial charge in [0.05, 0.1) is 5.69 Å². The molecule has 1 aromatic heterocycles. The lowest BCUT2D eigenvalue weighted by Gasteiger charge is -2.09. The van der Waals surface area contributed by atoms with Gasteiger partial charge in [0, 0.05) is 23.1 Å². The maximum atomic E-state index is 5.68. The average Bonchev–Trinajstić information content (AvgIpc) is 2.17.